The van der Waals surface area contributed by atoms with Crippen LogP contribution in [0.1, 0.15) is 77.7 Å². The summed E-state index contributed by atoms with van der Waals surface area (Å²) in [5, 5.41) is 6.32. The lowest BCUT2D eigenvalue weighted by atomic mass is 9.91. The number of carbonyl (C=O) groups is 3. The van der Waals surface area contributed by atoms with Crippen molar-refractivity contribution < 1.29 is 19.1 Å². The number of benzene rings is 1. The molecule has 0 bridgehead atoms. The zero-order chi connectivity index (χ0) is 30.0. The first kappa shape index (κ1) is 33.0. The highest BCUT2D eigenvalue weighted by molar-refractivity contribution is 7.99. The summed E-state index contributed by atoms with van der Waals surface area (Å²) >= 11 is 3.39. The molecule has 2 heterocycles. The van der Waals surface area contributed by atoms with E-state index in [1.807, 2.05) is 26.8 Å². The summed E-state index contributed by atoms with van der Waals surface area (Å²) in [6.45, 7) is 8.26. The second kappa shape index (κ2) is 16.2. The molecule has 3 amide bonds. The molecule has 2 atom stereocenters. The van der Waals surface area contributed by atoms with E-state index in [2.05, 4.69) is 39.8 Å². The van der Waals surface area contributed by atoms with Gasteiger partial charge in [-0.1, -0.05) is 49.6 Å². The Morgan fingerprint density at radius 3 is 2.43 bits per heavy atom. The third-order valence-electron chi connectivity index (χ3n) is 8.25. The van der Waals surface area contributed by atoms with Gasteiger partial charge in [0.1, 0.15) is 17.7 Å². The molecule has 4 rings (SSSR count). The van der Waals surface area contributed by atoms with Crippen molar-refractivity contribution >= 4 is 41.4 Å². The molecule has 8 nitrogen and oxygen atoms in total. The van der Waals surface area contributed by atoms with Crippen molar-refractivity contribution in [2.24, 2.45) is 5.92 Å². The number of hydrogen-bond donors (Lipinski definition) is 2. The van der Waals surface area contributed by atoms with Crippen LogP contribution < -0.4 is 10.6 Å². The molecule has 0 radical (unpaired) electrons. The first-order chi connectivity index (χ1) is 20.2. The van der Waals surface area contributed by atoms with E-state index < -0.39 is 23.8 Å². The van der Waals surface area contributed by atoms with Gasteiger partial charge in [-0.2, -0.15) is 11.8 Å². The number of ether oxygens (including phenoxy) is 1. The summed E-state index contributed by atoms with van der Waals surface area (Å²) in [7, 11) is 0. The second-order valence-electron chi connectivity index (χ2n) is 12.9. The van der Waals surface area contributed by atoms with E-state index in [4.69, 9.17) is 4.74 Å². The molecule has 2 aliphatic heterocycles. The fraction of sp³-hybridized carbons (Fsp3) is 0.719. The smallest absolute Gasteiger partial charge is 0.411 e. The third-order valence-corrected chi connectivity index (χ3v) is 10.5. The topological polar surface area (TPSA) is 91.0 Å². The van der Waals surface area contributed by atoms with E-state index in [0.29, 0.717) is 24.0 Å². The number of carbonyl (C=O) groups excluding carboxylic acids is 3. The van der Waals surface area contributed by atoms with Crippen molar-refractivity contribution in [1.82, 2.24) is 20.4 Å². The lowest BCUT2D eigenvalue weighted by molar-refractivity contribution is -0.131. The maximum atomic E-state index is 13.6. The van der Waals surface area contributed by atoms with Crippen LogP contribution in [0, 0.1) is 5.92 Å². The molecule has 2 N–H and O–H groups in total. The Morgan fingerprint density at radius 1 is 1.02 bits per heavy atom. The molecule has 0 aromatic heterocycles. The van der Waals surface area contributed by atoms with E-state index in [1.165, 1.54) is 42.6 Å². The maximum absolute atomic E-state index is 13.6. The molecule has 1 aliphatic carbocycles. The van der Waals surface area contributed by atoms with Crippen LogP contribution in [0.5, 0.6) is 0 Å². The van der Waals surface area contributed by atoms with Gasteiger partial charge < -0.3 is 15.4 Å². The van der Waals surface area contributed by atoms with Gasteiger partial charge in [-0.3, -0.25) is 19.4 Å². The van der Waals surface area contributed by atoms with Gasteiger partial charge in [0.15, 0.2) is 0 Å². The summed E-state index contributed by atoms with van der Waals surface area (Å²) in [5.41, 5.74) is 0.661. The maximum Gasteiger partial charge on any atom is 0.411 e. The molecule has 3 aliphatic rings. The van der Waals surface area contributed by atoms with Crippen LogP contribution >= 0.6 is 23.5 Å². The first-order valence-electron chi connectivity index (χ1n) is 15.7. The highest BCUT2D eigenvalue weighted by atomic mass is 32.2. The third kappa shape index (κ3) is 10.7. The fourth-order valence-electron chi connectivity index (χ4n) is 5.91. The predicted octanol–water partition coefficient (Wildman–Crippen LogP) is 5.27. The minimum absolute atomic E-state index is 0.0941. The van der Waals surface area contributed by atoms with Gasteiger partial charge in [-0.05, 0) is 75.9 Å². The number of hydrogen-bond acceptors (Lipinski definition) is 7. The monoisotopic (exact) mass is 618 g/mol. The van der Waals surface area contributed by atoms with E-state index >= 15 is 0 Å². The predicted molar refractivity (Wildman–Crippen MR) is 173 cm³/mol. The Hall–Kier alpha value is -1.91. The lowest BCUT2D eigenvalue weighted by Crippen LogP contribution is -2.58. The second-order valence-corrected chi connectivity index (χ2v) is 15.1. The molecule has 2 saturated heterocycles. The number of rotatable bonds is 10. The van der Waals surface area contributed by atoms with Crippen molar-refractivity contribution in [1.29, 1.82) is 0 Å². The highest BCUT2D eigenvalue weighted by Crippen LogP contribution is 2.27. The van der Waals surface area contributed by atoms with Crippen LogP contribution in [0.15, 0.2) is 30.3 Å². The molecule has 0 spiro atoms. The number of nitrogens with one attached hydrogen (secondary N) is 2. The van der Waals surface area contributed by atoms with Crippen LogP contribution in [0.3, 0.4) is 0 Å². The van der Waals surface area contributed by atoms with Crippen LogP contribution in [0.2, 0.25) is 0 Å². The van der Waals surface area contributed by atoms with Crippen LogP contribution in [-0.2, 0) is 20.9 Å². The molecule has 1 saturated carbocycles. The average Bonchev–Trinajstić information content (AvgIpc) is 2.98. The van der Waals surface area contributed by atoms with Crippen LogP contribution in [-0.4, -0.2) is 87.7 Å². The van der Waals surface area contributed by atoms with Gasteiger partial charge in [0, 0.05) is 31.4 Å². The van der Waals surface area contributed by atoms with Gasteiger partial charge >= 0.3 is 6.09 Å². The minimum atomic E-state index is -0.644. The van der Waals surface area contributed by atoms with Crippen molar-refractivity contribution in [3.8, 4) is 0 Å². The Kier molecular flexibility index (Phi) is 12.8. The Labute approximate surface area is 260 Å². The molecule has 1 aromatic carbocycles. The SMILES string of the molecule is CC(C)(C)OC(=O)N1CSCCC1C(=O)NC(CSCC1CCCCC1)C(=O)NC1CCN(Cc2ccccc2)CC1. The number of nitrogens with zero attached hydrogens (tertiary/aromatic N) is 2. The highest BCUT2D eigenvalue weighted by Gasteiger charge is 2.37. The van der Waals surface area contributed by atoms with E-state index in [0.717, 1.165) is 44.0 Å². The molecule has 234 valence electrons. The Balaban J connectivity index is 1.34. The molecule has 1 aromatic rings. The zero-order valence-electron chi connectivity index (χ0n) is 25.6. The lowest BCUT2D eigenvalue weighted by Gasteiger charge is -2.36. The first-order valence-corrected chi connectivity index (χ1v) is 18.0. The summed E-state index contributed by atoms with van der Waals surface area (Å²) in [4.78, 5) is 44.1. The van der Waals surface area contributed by atoms with Crippen molar-refractivity contribution in [2.75, 3.05) is 36.2 Å². The van der Waals surface area contributed by atoms with Gasteiger partial charge in [-0.15, -0.1) is 11.8 Å². The minimum Gasteiger partial charge on any atom is -0.444 e. The van der Waals surface area contributed by atoms with E-state index in [1.54, 1.807) is 23.5 Å². The van der Waals surface area contributed by atoms with Crippen molar-refractivity contribution in [3.05, 3.63) is 35.9 Å². The van der Waals surface area contributed by atoms with E-state index in [9.17, 15) is 14.4 Å². The van der Waals surface area contributed by atoms with Gasteiger partial charge in [0.25, 0.3) is 0 Å². The van der Waals surface area contributed by atoms with Gasteiger partial charge in [0.2, 0.25) is 11.8 Å². The molecular formula is C32H50N4O4S2. The number of thioether (sulfide) groups is 2. The van der Waals surface area contributed by atoms with Gasteiger partial charge in [0.05, 0.1) is 5.88 Å². The molecule has 42 heavy (non-hydrogen) atoms. The fourth-order valence-corrected chi connectivity index (χ4v) is 8.19. The molecular weight excluding hydrogens is 569 g/mol. The molecule has 10 heteroatoms. The quantitative estimate of drug-likeness (QED) is 0.370. The van der Waals surface area contributed by atoms with Crippen LogP contribution in [0.25, 0.3) is 0 Å². The normalized spacial score (nSPS) is 21.9. The Morgan fingerprint density at radius 2 is 1.74 bits per heavy atom. The zero-order valence-corrected chi connectivity index (χ0v) is 27.3. The van der Waals surface area contributed by atoms with Crippen molar-refractivity contribution in [3.63, 3.8) is 0 Å². The standard InChI is InChI=1S/C32H50N4O4S2/c1-32(2,3)40-31(39)36-23-41-19-16-28(36)30(38)34-27(22-42-21-25-12-8-5-9-13-25)29(37)33-26-14-17-35(18-15-26)20-24-10-6-4-7-11-24/h4,6-7,10-11,25-28H,5,8-9,12-23H2,1-3H3,(H,33,37)(H,34,38). The number of likely N-dealkylation sites (tertiary alicyclic amines) is 1. The average molecular weight is 619 g/mol. The molecule has 2 unspecified atom stereocenters. The largest absolute Gasteiger partial charge is 0.444 e. The summed E-state index contributed by atoms with van der Waals surface area (Å²) < 4.78 is 5.59. The number of amides is 3. The Bertz CT molecular complexity index is 1010. The van der Waals surface area contributed by atoms with Gasteiger partial charge in [-0.25, -0.2) is 4.79 Å². The van der Waals surface area contributed by atoms with E-state index in [-0.39, 0.29) is 17.9 Å². The summed E-state index contributed by atoms with van der Waals surface area (Å²) in [6.07, 6.45) is 8.24. The summed E-state index contributed by atoms with van der Waals surface area (Å²) in [6, 6.07) is 9.31. The van der Waals surface area contributed by atoms with Crippen LogP contribution in [0.4, 0.5) is 4.79 Å². The van der Waals surface area contributed by atoms with Crippen molar-refractivity contribution in [2.45, 2.75) is 102 Å². The molecule has 3 fully saturated rings. The summed E-state index contributed by atoms with van der Waals surface area (Å²) in [5.74, 6) is 3.05. The number of piperidine rings is 1.